The maximum Gasteiger partial charge on any atom is 0.183 e. The Balaban J connectivity index is 1.69. The van der Waals surface area contributed by atoms with Crippen LogP contribution in [0.25, 0.3) is 0 Å². The first-order chi connectivity index (χ1) is 8.85. The number of fused-ring (bicyclic) bond motifs is 1. The Labute approximate surface area is 112 Å². The van der Waals surface area contributed by atoms with Crippen LogP contribution < -0.4 is 5.32 Å². The second kappa shape index (κ2) is 5.11. The van der Waals surface area contributed by atoms with E-state index >= 15 is 0 Å². The van der Waals surface area contributed by atoms with Gasteiger partial charge in [0.1, 0.15) is 0 Å². The summed E-state index contributed by atoms with van der Waals surface area (Å²) in [7, 11) is 0. The molecule has 1 aliphatic carbocycles. The zero-order valence-corrected chi connectivity index (χ0v) is 11.5. The molecule has 1 N–H and O–H groups in total. The van der Waals surface area contributed by atoms with Crippen molar-refractivity contribution in [3.8, 4) is 0 Å². The Morgan fingerprint density at radius 3 is 2.94 bits per heavy atom. The maximum atomic E-state index is 4.59. The fourth-order valence-electron chi connectivity index (χ4n) is 2.53. The average Bonchev–Trinajstić information content (AvgIpc) is 2.86. The zero-order chi connectivity index (χ0) is 12.4. The lowest BCUT2D eigenvalue weighted by Gasteiger charge is -2.25. The number of hydrogen-bond donors (Lipinski definition) is 1. The Morgan fingerprint density at radius 2 is 2.17 bits per heavy atom. The summed E-state index contributed by atoms with van der Waals surface area (Å²) in [6.07, 6.45) is 4.53. The topological polar surface area (TPSA) is 24.9 Å². The predicted octanol–water partition coefficient (Wildman–Crippen LogP) is 3.67. The van der Waals surface area contributed by atoms with Crippen LogP contribution in [0.2, 0.25) is 0 Å². The van der Waals surface area contributed by atoms with E-state index in [-0.39, 0.29) is 0 Å². The first-order valence-corrected chi connectivity index (χ1v) is 7.51. The van der Waals surface area contributed by atoms with E-state index < -0.39 is 0 Å². The lowest BCUT2D eigenvalue weighted by Crippen LogP contribution is -2.27. The molecule has 1 unspecified atom stereocenters. The third-order valence-electron chi connectivity index (χ3n) is 3.59. The second-order valence-corrected chi connectivity index (χ2v) is 5.71. The van der Waals surface area contributed by atoms with Crippen molar-refractivity contribution in [2.45, 2.75) is 38.6 Å². The lowest BCUT2D eigenvalue weighted by molar-refractivity contribution is 0.610. The molecular weight excluding hydrogens is 240 g/mol. The Morgan fingerprint density at radius 1 is 1.33 bits per heavy atom. The van der Waals surface area contributed by atoms with E-state index in [0.29, 0.717) is 6.04 Å². The minimum atomic E-state index is 0.538. The molecule has 0 saturated heterocycles. The molecule has 2 aromatic rings. The molecule has 1 aromatic carbocycles. The van der Waals surface area contributed by atoms with Crippen molar-refractivity contribution in [1.82, 2.24) is 4.98 Å². The number of rotatable bonds is 3. The molecule has 3 rings (SSSR count). The minimum Gasteiger partial charge on any atom is -0.358 e. The van der Waals surface area contributed by atoms with Crippen LogP contribution in [-0.2, 0) is 19.3 Å². The summed E-state index contributed by atoms with van der Waals surface area (Å²) < 4.78 is 0. The Kier molecular flexibility index (Phi) is 3.33. The number of aryl methyl sites for hydroxylation is 2. The number of benzene rings is 1. The van der Waals surface area contributed by atoms with E-state index in [9.17, 15) is 0 Å². The van der Waals surface area contributed by atoms with Gasteiger partial charge in [-0.25, -0.2) is 4.98 Å². The molecule has 0 saturated carbocycles. The normalized spacial score (nSPS) is 18.4. The van der Waals surface area contributed by atoms with Gasteiger partial charge in [0.15, 0.2) is 5.13 Å². The molecular formula is C15H18N2S. The van der Waals surface area contributed by atoms with Crippen molar-refractivity contribution in [2.75, 3.05) is 5.32 Å². The minimum absolute atomic E-state index is 0.538. The van der Waals surface area contributed by atoms with E-state index in [4.69, 9.17) is 0 Å². The molecule has 1 aromatic heterocycles. The van der Waals surface area contributed by atoms with Crippen molar-refractivity contribution in [1.29, 1.82) is 0 Å². The van der Waals surface area contributed by atoms with Crippen molar-refractivity contribution in [3.63, 3.8) is 0 Å². The molecule has 94 valence electrons. The van der Waals surface area contributed by atoms with E-state index in [2.05, 4.69) is 46.9 Å². The smallest absolute Gasteiger partial charge is 0.183 e. The summed E-state index contributed by atoms with van der Waals surface area (Å²) in [4.78, 5) is 4.59. The molecule has 2 nitrogen and oxygen atoms in total. The van der Waals surface area contributed by atoms with Gasteiger partial charge in [-0.1, -0.05) is 31.2 Å². The molecule has 3 heteroatoms. The monoisotopic (exact) mass is 258 g/mol. The van der Waals surface area contributed by atoms with Crippen molar-refractivity contribution in [2.24, 2.45) is 0 Å². The van der Waals surface area contributed by atoms with Crippen molar-refractivity contribution < 1.29 is 0 Å². The summed E-state index contributed by atoms with van der Waals surface area (Å²) in [5, 5.41) is 6.82. The largest absolute Gasteiger partial charge is 0.358 e. The molecule has 0 amide bonds. The van der Waals surface area contributed by atoms with Gasteiger partial charge in [-0.2, -0.15) is 0 Å². The summed E-state index contributed by atoms with van der Waals surface area (Å²) in [5.41, 5.74) is 4.20. The van der Waals surface area contributed by atoms with Gasteiger partial charge in [-0.05, 0) is 36.8 Å². The highest BCUT2D eigenvalue weighted by Gasteiger charge is 2.18. The molecule has 0 fully saturated rings. The quantitative estimate of drug-likeness (QED) is 0.908. The molecule has 1 aliphatic rings. The van der Waals surface area contributed by atoms with Gasteiger partial charge in [0.2, 0.25) is 0 Å². The predicted molar refractivity (Wildman–Crippen MR) is 77.4 cm³/mol. The number of thiazole rings is 1. The number of hydrogen-bond acceptors (Lipinski definition) is 3. The molecule has 18 heavy (non-hydrogen) atoms. The molecule has 0 spiro atoms. The van der Waals surface area contributed by atoms with Crippen LogP contribution in [0.1, 0.15) is 30.2 Å². The van der Waals surface area contributed by atoms with E-state index in [1.807, 2.05) is 0 Å². The van der Waals surface area contributed by atoms with Gasteiger partial charge >= 0.3 is 0 Å². The van der Waals surface area contributed by atoms with Crippen LogP contribution in [0.4, 0.5) is 5.13 Å². The van der Waals surface area contributed by atoms with E-state index in [0.717, 1.165) is 18.0 Å². The molecule has 1 heterocycles. The maximum absolute atomic E-state index is 4.59. The van der Waals surface area contributed by atoms with E-state index in [1.54, 1.807) is 11.3 Å². The Bertz CT molecular complexity index is 533. The zero-order valence-electron chi connectivity index (χ0n) is 10.6. The molecule has 1 atom stereocenters. The van der Waals surface area contributed by atoms with Crippen LogP contribution in [0.15, 0.2) is 29.6 Å². The van der Waals surface area contributed by atoms with E-state index in [1.165, 1.54) is 29.7 Å². The third kappa shape index (κ3) is 2.41. The number of nitrogens with zero attached hydrogens (tertiary/aromatic N) is 1. The molecule has 0 radical (unpaired) electrons. The summed E-state index contributed by atoms with van der Waals surface area (Å²) >= 11 is 1.73. The highest BCUT2D eigenvalue weighted by Crippen LogP contribution is 2.25. The number of anilines is 1. The van der Waals surface area contributed by atoms with Gasteiger partial charge in [0.25, 0.3) is 0 Å². The van der Waals surface area contributed by atoms with Crippen LogP contribution in [0, 0.1) is 0 Å². The second-order valence-electron chi connectivity index (χ2n) is 4.85. The highest BCUT2D eigenvalue weighted by atomic mass is 32.1. The van der Waals surface area contributed by atoms with Gasteiger partial charge in [0.05, 0.1) is 5.69 Å². The third-order valence-corrected chi connectivity index (χ3v) is 4.41. The lowest BCUT2D eigenvalue weighted by atomic mass is 9.88. The van der Waals surface area contributed by atoms with Gasteiger partial charge in [-0.3, -0.25) is 0 Å². The first kappa shape index (κ1) is 11.7. The van der Waals surface area contributed by atoms with Crippen LogP contribution in [-0.4, -0.2) is 11.0 Å². The van der Waals surface area contributed by atoms with Gasteiger partial charge in [0, 0.05) is 11.4 Å². The number of nitrogens with one attached hydrogen (secondary N) is 1. The van der Waals surface area contributed by atoms with Crippen molar-refractivity contribution >= 4 is 16.5 Å². The Hall–Kier alpha value is -1.35. The summed E-state index contributed by atoms with van der Waals surface area (Å²) in [6, 6.07) is 9.32. The number of aromatic nitrogens is 1. The average molecular weight is 258 g/mol. The van der Waals surface area contributed by atoms with Crippen molar-refractivity contribution in [3.05, 3.63) is 46.5 Å². The molecule has 0 bridgehead atoms. The fraction of sp³-hybridized carbons (Fsp3) is 0.400. The standard InChI is InChI=1S/C15H18N2S/c1-2-13-10-18-15(16-13)17-14-8-7-11-5-3-4-6-12(11)9-14/h3-6,10,14H,2,7-9H2,1H3,(H,16,17). The van der Waals surface area contributed by atoms with Gasteiger partial charge < -0.3 is 5.32 Å². The highest BCUT2D eigenvalue weighted by molar-refractivity contribution is 7.13. The van der Waals surface area contributed by atoms with Crippen LogP contribution >= 0.6 is 11.3 Å². The fourth-order valence-corrected chi connectivity index (χ4v) is 3.40. The van der Waals surface area contributed by atoms with Crippen LogP contribution in [0.5, 0.6) is 0 Å². The van der Waals surface area contributed by atoms with Crippen LogP contribution in [0.3, 0.4) is 0 Å². The first-order valence-electron chi connectivity index (χ1n) is 6.63. The summed E-state index contributed by atoms with van der Waals surface area (Å²) in [6.45, 7) is 2.15. The van der Waals surface area contributed by atoms with Gasteiger partial charge in [-0.15, -0.1) is 11.3 Å². The SMILES string of the molecule is CCc1csc(NC2CCc3ccccc3C2)n1. The molecule has 0 aliphatic heterocycles. The summed E-state index contributed by atoms with van der Waals surface area (Å²) in [5.74, 6) is 0.